The molecule has 0 unspecified atom stereocenters. The number of hydrogen-bond donors (Lipinski definition) is 1. The fourth-order valence-electron chi connectivity index (χ4n) is 1.11. The number of carboxylic acids is 1. The van der Waals surface area contributed by atoms with Crippen LogP contribution in [0.25, 0.3) is 0 Å². The van der Waals surface area contributed by atoms with Crippen LogP contribution in [0.3, 0.4) is 0 Å². The first kappa shape index (κ1) is 12.1. The smallest absolute Gasteiger partial charge is 0.133 e. The Balaban J connectivity index is 0.00000121. The number of carbonyl (C=O) groups is 1. The molecule has 0 saturated carbocycles. The Kier molecular flexibility index (Phi) is 5.68. The summed E-state index contributed by atoms with van der Waals surface area (Å²) in [7, 11) is 0. The van der Waals surface area contributed by atoms with Crippen molar-refractivity contribution in [3.63, 3.8) is 0 Å². The Hall–Kier alpha value is 0.0539. The second-order valence-corrected chi connectivity index (χ2v) is 2.58. The zero-order chi connectivity index (χ0) is 8.27. The summed E-state index contributed by atoms with van der Waals surface area (Å²) >= 11 is 0. The molecule has 0 aromatic rings. The van der Waals surface area contributed by atoms with Crippen molar-refractivity contribution in [3.05, 3.63) is 23.8 Å². The maximum atomic E-state index is 10.4. The van der Waals surface area contributed by atoms with Gasteiger partial charge >= 0.3 is 0 Å². The Morgan fingerprint density at radius 1 is 1.50 bits per heavy atom. The summed E-state index contributed by atoms with van der Waals surface area (Å²) in [6, 6.07) is 0. The molecule has 1 aliphatic carbocycles. The largest absolute Gasteiger partial charge is 0.548 e. The van der Waals surface area contributed by atoms with Crippen molar-refractivity contribution in [1.82, 2.24) is 0 Å². The van der Waals surface area contributed by atoms with Crippen molar-refractivity contribution in [3.8, 4) is 0 Å². The molecule has 0 bridgehead atoms. The van der Waals surface area contributed by atoms with Gasteiger partial charge in [0.05, 0.1) is 0 Å². The summed E-state index contributed by atoms with van der Waals surface area (Å²) < 4.78 is 0. The van der Waals surface area contributed by atoms with Gasteiger partial charge in [0.2, 0.25) is 0 Å². The van der Waals surface area contributed by atoms with Gasteiger partial charge in [0.15, 0.2) is 0 Å². The fraction of sp³-hybridized carbons (Fsp3) is 0.444. The first-order chi connectivity index (χ1) is 5.22. The van der Waals surface area contributed by atoms with Crippen LogP contribution in [0.1, 0.15) is 25.7 Å². The molecular formula is C9H10O2Y-2. The van der Waals surface area contributed by atoms with Gasteiger partial charge in [-0.3, -0.25) is 5.57 Å². The molecule has 0 fully saturated rings. The normalized spacial score (nSPS) is 15.8. The van der Waals surface area contributed by atoms with E-state index >= 15 is 0 Å². The van der Waals surface area contributed by atoms with E-state index in [0.717, 1.165) is 25.7 Å². The van der Waals surface area contributed by atoms with E-state index in [1.54, 1.807) is 0 Å². The molecule has 2 nitrogen and oxygen atoms in total. The van der Waals surface area contributed by atoms with Gasteiger partial charge in [-0.1, -0.05) is 12.8 Å². The van der Waals surface area contributed by atoms with E-state index in [9.17, 15) is 4.79 Å². The predicted molar refractivity (Wildman–Crippen MR) is 40.7 cm³/mol. The predicted octanol–water partition coefficient (Wildman–Crippen LogP) is 1.73. The van der Waals surface area contributed by atoms with Gasteiger partial charge in [0.25, 0.3) is 0 Å². The van der Waals surface area contributed by atoms with Crippen molar-refractivity contribution < 1.29 is 42.6 Å². The van der Waals surface area contributed by atoms with Crippen molar-refractivity contribution in [1.29, 1.82) is 0 Å². The van der Waals surface area contributed by atoms with Gasteiger partial charge in [-0.25, -0.2) is 0 Å². The van der Waals surface area contributed by atoms with Crippen LogP contribution in [0.4, 0.5) is 0 Å². The molecule has 1 N–H and O–H groups in total. The number of rotatable bonds is 2. The maximum Gasteiger partial charge on any atom is 0.133 e. The molecule has 1 radical (unpaired) electrons. The van der Waals surface area contributed by atoms with E-state index in [1.807, 2.05) is 0 Å². The van der Waals surface area contributed by atoms with Crippen molar-refractivity contribution in [2.75, 3.05) is 0 Å². The Bertz CT molecular complexity index is 219. The summed E-state index contributed by atoms with van der Waals surface area (Å²) in [5, 5.41) is 8.51. The molecule has 63 valence electrons. The third-order valence-electron chi connectivity index (χ3n) is 1.75. The standard InChI is InChI=1S/C9H10O2.Y/c1-7(9(10)11)8-5-3-2-4-6-8;/h1H,2-5H2,(H,10,11);/q-2;. The van der Waals surface area contributed by atoms with Gasteiger partial charge in [-0.15, -0.1) is 12.8 Å². The van der Waals surface area contributed by atoms with Crippen LogP contribution in [-0.4, -0.2) is 11.1 Å². The molecule has 0 saturated heterocycles. The average molecular weight is 239 g/mol. The van der Waals surface area contributed by atoms with Crippen LogP contribution in [0.2, 0.25) is 0 Å². The van der Waals surface area contributed by atoms with Crippen molar-refractivity contribution >= 4 is 5.97 Å². The van der Waals surface area contributed by atoms with Gasteiger partial charge in [-0.05, 0) is 0 Å². The minimum atomic E-state index is -1.03. The molecule has 0 heterocycles. The summed E-state index contributed by atoms with van der Waals surface area (Å²) in [6.07, 6.45) is 6.69. The van der Waals surface area contributed by atoms with Crippen LogP contribution >= 0.6 is 0 Å². The molecule has 0 atom stereocenters. The SMILES string of the molecule is [CH-]=C(C(=O)O)C1=[C-]CCCC1.[Y]. The van der Waals surface area contributed by atoms with Gasteiger partial charge in [0.1, 0.15) is 5.97 Å². The molecule has 0 amide bonds. The summed E-state index contributed by atoms with van der Waals surface area (Å²) in [6.45, 7) is 5.31. The number of aliphatic carboxylic acids is 1. The van der Waals surface area contributed by atoms with Crippen LogP contribution in [0, 0.1) is 12.7 Å². The fourth-order valence-corrected chi connectivity index (χ4v) is 1.11. The Morgan fingerprint density at radius 2 is 2.17 bits per heavy atom. The van der Waals surface area contributed by atoms with Crippen molar-refractivity contribution in [2.45, 2.75) is 25.7 Å². The molecule has 12 heavy (non-hydrogen) atoms. The van der Waals surface area contributed by atoms with Crippen LogP contribution in [-0.2, 0) is 37.5 Å². The molecular weight excluding hydrogens is 229 g/mol. The Morgan fingerprint density at radius 3 is 2.58 bits per heavy atom. The topological polar surface area (TPSA) is 37.3 Å². The minimum absolute atomic E-state index is 0. The van der Waals surface area contributed by atoms with Gasteiger partial charge < -0.3 is 28.1 Å². The number of carboxylic acid groups (broad SMARTS) is 1. The molecule has 0 aromatic heterocycles. The van der Waals surface area contributed by atoms with E-state index in [4.69, 9.17) is 11.7 Å². The van der Waals surface area contributed by atoms with E-state index in [-0.39, 0.29) is 38.3 Å². The monoisotopic (exact) mass is 239 g/mol. The van der Waals surface area contributed by atoms with E-state index in [2.05, 4.69) is 6.08 Å². The van der Waals surface area contributed by atoms with Crippen LogP contribution in [0.5, 0.6) is 0 Å². The summed E-state index contributed by atoms with van der Waals surface area (Å²) in [5.74, 6) is -1.03. The second-order valence-electron chi connectivity index (χ2n) is 2.58. The summed E-state index contributed by atoms with van der Waals surface area (Å²) in [4.78, 5) is 10.4. The third-order valence-corrected chi connectivity index (χ3v) is 1.75. The Labute approximate surface area is 97.6 Å². The molecule has 1 rings (SSSR count). The molecule has 3 heteroatoms. The van der Waals surface area contributed by atoms with Gasteiger partial charge in [0, 0.05) is 32.7 Å². The number of allylic oxidation sites excluding steroid dienone is 1. The minimum Gasteiger partial charge on any atom is -0.548 e. The first-order valence-electron chi connectivity index (χ1n) is 3.67. The average Bonchev–Trinajstić information content (AvgIpc) is 2.05. The third kappa shape index (κ3) is 3.20. The second kappa shape index (κ2) is 5.66. The van der Waals surface area contributed by atoms with Gasteiger partial charge in [-0.2, -0.15) is 0 Å². The summed E-state index contributed by atoms with van der Waals surface area (Å²) in [5.41, 5.74) is 0.647. The maximum absolute atomic E-state index is 10.4. The van der Waals surface area contributed by atoms with Crippen LogP contribution < -0.4 is 0 Å². The zero-order valence-corrected chi connectivity index (χ0v) is 9.68. The number of hydrogen-bond acceptors (Lipinski definition) is 1. The van der Waals surface area contributed by atoms with Crippen molar-refractivity contribution in [2.24, 2.45) is 0 Å². The first-order valence-corrected chi connectivity index (χ1v) is 3.67. The quantitative estimate of drug-likeness (QED) is 0.588. The van der Waals surface area contributed by atoms with E-state index in [0.29, 0.717) is 5.57 Å². The zero-order valence-electron chi connectivity index (χ0n) is 6.84. The van der Waals surface area contributed by atoms with Crippen LogP contribution in [0.15, 0.2) is 11.1 Å². The molecule has 0 spiro atoms. The van der Waals surface area contributed by atoms with E-state index < -0.39 is 5.97 Å². The molecule has 1 aliphatic rings. The van der Waals surface area contributed by atoms with E-state index in [1.165, 1.54) is 0 Å². The molecule has 0 aromatic carbocycles. The molecule has 0 aliphatic heterocycles.